The monoisotopic (exact) mass is 346 g/mol. The second-order valence-corrected chi connectivity index (χ2v) is 6.68. The minimum Gasteiger partial charge on any atom is -0.392 e. The van der Waals surface area contributed by atoms with Crippen LogP contribution in [0.1, 0.15) is 18.0 Å². The van der Waals surface area contributed by atoms with Gasteiger partial charge in [0, 0.05) is 39.3 Å². The van der Waals surface area contributed by atoms with Gasteiger partial charge in [0.1, 0.15) is 11.9 Å². The van der Waals surface area contributed by atoms with E-state index in [4.69, 9.17) is 0 Å². The van der Waals surface area contributed by atoms with Crippen molar-refractivity contribution in [3.8, 4) is 6.07 Å². The zero-order chi connectivity index (χ0) is 17.8. The minimum atomic E-state index is -0.424. The number of aliphatic hydroxyl groups excluding tert-OH is 1. The molecule has 0 bridgehead atoms. The number of halogens is 1. The SMILES string of the molecule is N#C[C@@H](c1ccc(F)cc1)N1CCN(C(=O)CN2CC[C@@H](O)C2)CC1. The first kappa shape index (κ1) is 17.8. The molecular weight excluding hydrogens is 323 g/mol. The molecule has 134 valence electrons. The van der Waals surface area contributed by atoms with Crippen molar-refractivity contribution in [3.63, 3.8) is 0 Å². The number of rotatable bonds is 4. The number of amides is 1. The summed E-state index contributed by atoms with van der Waals surface area (Å²) in [6.07, 6.45) is 0.402. The zero-order valence-corrected chi connectivity index (χ0v) is 14.1. The van der Waals surface area contributed by atoms with E-state index in [1.165, 1.54) is 12.1 Å². The molecule has 1 aromatic carbocycles. The Kier molecular flexibility index (Phi) is 5.63. The maximum absolute atomic E-state index is 13.1. The highest BCUT2D eigenvalue weighted by Crippen LogP contribution is 2.22. The van der Waals surface area contributed by atoms with E-state index in [9.17, 15) is 19.6 Å². The molecule has 2 saturated heterocycles. The average molecular weight is 346 g/mol. The minimum absolute atomic E-state index is 0.0732. The second-order valence-electron chi connectivity index (χ2n) is 6.68. The molecule has 2 atom stereocenters. The lowest BCUT2D eigenvalue weighted by Gasteiger charge is -2.37. The van der Waals surface area contributed by atoms with Crippen LogP contribution in [0.5, 0.6) is 0 Å². The molecule has 6 nitrogen and oxygen atoms in total. The molecule has 1 amide bonds. The van der Waals surface area contributed by atoms with Crippen molar-refractivity contribution in [1.29, 1.82) is 5.26 Å². The van der Waals surface area contributed by atoms with Crippen LogP contribution in [-0.2, 0) is 4.79 Å². The predicted octanol–water partition coefficient (Wildman–Crippen LogP) is 0.601. The third kappa shape index (κ3) is 4.34. The molecule has 7 heteroatoms. The van der Waals surface area contributed by atoms with Gasteiger partial charge in [0.15, 0.2) is 0 Å². The van der Waals surface area contributed by atoms with Crippen LogP contribution in [0.3, 0.4) is 0 Å². The van der Waals surface area contributed by atoms with Gasteiger partial charge in [-0.05, 0) is 24.1 Å². The summed E-state index contributed by atoms with van der Waals surface area (Å²) in [5, 5.41) is 19.0. The second kappa shape index (κ2) is 7.91. The van der Waals surface area contributed by atoms with Crippen LogP contribution in [-0.4, -0.2) is 77.6 Å². The van der Waals surface area contributed by atoms with Crippen LogP contribution in [0.4, 0.5) is 4.39 Å². The molecule has 2 aliphatic heterocycles. The molecule has 0 aliphatic carbocycles. The van der Waals surface area contributed by atoms with Crippen molar-refractivity contribution in [2.24, 2.45) is 0 Å². The number of nitriles is 1. The quantitative estimate of drug-likeness (QED) is 0.865. The maximum atomic E-state index is 13.1. The molecule has 25 heavy (non-hydrogen) atoms. The number of nitrogens with zero attached hydrogens (tertiary/aromatic N) is 4. The fraction of sp³-hybridized carbons (Fsp3) is 0.556. The number of likely N-dealkylation sites (tertiary alicyclic amines) is 1. The normalized spacial score (nSPS) is 23.4. The highest BCUT2D eigenvalue weighted by molar-refractivity contribution is 5.78. The molecule has 3 rings (SSSR count). The lowest BCUT2D eigenvalue weighted by Crippen LogP contribution is -2.51. The Balaban J connectivity index is 1.53. The van der Waals surface area contributed by atoms with Crippen molar-refractivity contribution in [1.82, 2.24) is 14.7 Å². The zero-order valence-electron chi connectivity index (χ0n) is 14.1. The summed E-state index contributed by atoms with van der Waals surface area (Å²) in [5.74, 6) is -0.244. The number of carbonyl (C=O) groups excluding carboxylic acids is 1. The van der Waals surface area contributed by atoms with Gasteiger partial charge in [0.25, 0.3) is 0 Å². The number of piperazine rings is 1. The number of hydrogen-bond acceptors (Lipinski definition) is 5. The van der Waals surface area contributed by atoms with Gasteiger partial charge in [-0.3, -0.25) is 14.6 Å². The topological polar surface area (TPSA) is 70.8 Å². The molecule has 2 heterocycles. The molecule has 2 fully saturated rings. The van der Waals surface area contributed by atoms with Gasteiger partial charge in [-0.25, -0.2) is 4.39 Å². The Hall–Kier alpha value is -2.01. The van der Waals surface area contributed by atoms with Crippen molar-refractivity contribution >= 4 is 5.91 Å². The van der Waals surface area contributed by atoms with Crippen LogP contribution >= 0.6 is 0 Å². The summed E-state index contributed by atoms with van der Waals surface area (Å²) in [5.41, 5.74) is 0.773. The van der Waals surface area contributed by atoms with Crippen molar-refractivity contribution in [2.45, 2.75) is 18.6 Å². The van der Waals surface area contributed by atoms with Gasteiger partial charge in [0.05, 0.1) is 18.7 Å². The number of hydrogen-bond donors (Lipinski definition) is 1. The summed E-state index contributed by atoms with van der Waals surface area (Å²) in [4.78, 5) is 18.2. The summed E-state index contributed by atoms with van der Waals surface area (Å²) in [6, 6.07) is 7.86. The largest absolute Gasteiger partial charge is 0.392 e. The van der Waals surface area contributed by atoms with E-state index in [2.05, 4.69) is 6.07 Å². The number of benzene rings is 1. The van der Waals surface area contributed by atoms with E-state index in [0.29, 0.717) is 39.3 Å². The van der Waals surface area contributed by atoms with Gasteiger partial charge >= 0.3 is 0 Å². The average Bonchev–Trinajstić information content (AvgIpc) is 3.02. The van der Waals surface area contributed by atoms with Gasteiger partial charge in [-0.2, -0.15) is 5.26 Å². The van der Waals surface area contributed by atoms with Crippen molar-refractivity contribution in [3.05, 3.63) is 35.6 Å². The van der Waals surface area contributed by atoms with E-state index in [-0.39, 0.29) is 17.8 Å². The van der Waals surface area contributed by atoms with Crippen LogP contribution < -0.4 is 0 Å². The highest BCUT2D eigenvalue weighted by atomic mass is 19.1. The summed E-state index contributed by atoms with van der Waals surface area (Å²) in [7, 11) is 0. The molecule has 0 spiro atoms. The standard InChI is InChI=1S/C18H23FN4O2/c19-15-3-1-14(2-4-15)17(11-20)22-7-9-23(10-8-22)18(25)13-21-6-5-16(24)12-21/h1-4,16-17,24H,5-10,12-13H2/t16-,17+/m1/s1. The lowest BCUT2D eigenvalue weighted by molar-refractivity contribution is -0.134. The first-order valence-corrected chi connectivity index (χ1v) is 8.64. The van der Waals surface area contributed by atoms with Gasteiger partial charge in [-0.15, -0.1) is 0 Å². The van der Waals surface area contributed by atoms with Crippen LogP contribution in [0.2, 0.25) is 0 Å². The first-order chi connectivity index (χ1) is 12.1. The Morgan fingerprint density at radius 3 is 2.48 bits per heavy atom. The molecule has 0 unspecified atom stereocenters. The van der Waals surface area contributed by atoms with Crippen LogP contribution in [0.15, 0.2) is 24.3 Å². The van der Waals surface area contributed by atoms with Gasteiger partial charge < -0.3 is 10.0 Å². The van der Waals surface area contributed by atoms with E-state index in [1.54, 1.807) is 12.1 Å². The van der Waals surface area contributed by atoms with E-state index >= 15 is 0 Å². The summed E-state index contributed by atoms with van der Waals surface area (Å²) in [6.45, 7) is 4.05. The molecular formula is C18H23FN4O2. The lowest BCUT2D eigenvalue weighted by atomic mass is 10.1. The number of carbonyl (C=O) groups is 1. The molecule has 0 aromatic heterocycles. The Morgan fingerprint density at radius 2 is 1.92 bits per heavy atom. The van der Waals surface area contributed by atoms with Gasteiger partial charge in [0.2, 0.25) is 5.91 Å². The molecule has 0 radical (unpaired) electrons. The Morgan fingerprint density at radius 1 is 1.24 bits per heavy atom. The molecule has 1 N–H and O–H groups in total. The fourth-order valence-corrected chi connectivity index (χ4v) is 3.49. The molecule has 1 aromatic rings. The molecule has 2 aliphatic rings. The summed E-state index contributed by atoms with van der Waals surface area (Å²) < 4.78 is 13.1. The maximum Gasteiger partial charge on any atom is 0.236 e. The third-order valence-electron chi connectivity index (χ3n) is 4.95. The Bertz CT molecular complexity index is 637. The van der Waals surface area contributed by atoms with E-state index < -0.39 is 6.04 Å². The van der Waals surface area contributed by atoms with E-state index in [0.717, 1.165) is 18.5 Å². The number of β-amino-alcohol motifs (C(OH)–C–C–N with tert-alkyl or cyclic N) is 1. The first-order valence-electron chi connectivity index (χ1n) is 8.64. The predicted molar refractivity (Wildman–Crippen MR) is 90.0 cm³/mol. The van der Waals surface area contributed by atoms with Crippen LogP contribution in [0, 0.1) is 17.1 Å². The van der Waals surface area contributed by atoms with Crippen LogP contribution in [0.25, 0.3) is 0 Å². The van der Waals surface area contributed by atoms with E-state index in [1.807, 2.05) is 14.7 Å². The summed E-state index contributed by atoms with van der Waals surface area (Å²) >= 11 is 0. The van der Waals surface area contributed by atoms with Crippen molar-refractivity contribution in [2.75, 3.05) is 45.8 Å². The highest BCUT2D eigenvalue weighted by Gasteiger charge is 2.29. The third-order valence-corrected chi connectivity index (χ3v) is 4.95. The van der Waals surface area contributed by atoms with Gasteiger partial charge in [-0.1, -0.05) is 12.1 Å². The fourth-order valence-electron chi connectivity index (χ4n) is 3.49. The molecule has 0 saturated carbocycles. The smallest absolute Gasteiger partial charge is 0.236 e. The number of aliphatic hydroxyl groups is 1. The Labute approximate surface area is 147 Å². The van der Waals surface area contributed by atoms with Crippen molar-refractivity contribution < 1.29 is 14.3 Å².